The predicted octanol–water partition coefficient (Wildman–Crippen LogP) is 3.44. The molecule has 3 aromatic rings. The molecule has 0 N–H and O–H groups in total. The average Bonchev–Trinajstić information content (AvgIpc) is 2.63. The van der Waals surface area contributed by atoms with E-state index in [2.05, 4.69) is 5.10 Å². The van der Waals surface area contributed by atoms with Crippen LogP contribution < -0.4 is 5.56 Å². The number of amides is 1. The number of halogens is 2. The summed E-state index contributed by atoms with van der Waals surface area (Å²) in [6, 6.07) is 12.5. The highest BCUT2D eigenvalue weighted by molar-refractivity contribution is 6.42. The Morgan fingerprint density at radius 2 is 1.81 bits per heavy atom. The van der Waals surface area contributed by atoms with Crippen LogP contribution >= 0.6 is 23.2 Å². The Hall–Kier alpha value is -2.37. The average molecular weight is 390 g/mol. The van der Waals surface area contributed by atoms with Gasteiger partial charge in [0.05, 0.1) is 27.5 Å². The number of benzene rings is 2. The Bertz CT molecular complexity index is 1050. The van der Waals surface area contributed by atoms with E-state index < -0.39 is 0 Å². The van der Waals surface area contributed by atoms with Gasteiger partial charge < -0.3 is 4.90 Å². The van der Waals surface area contributed by atoms with Crippen molar-refractivity contribution >= 4 is 39.9 Å². The molecule has 0 bridgehead atoms. The Labute approximate surface area is 160 Å². The van der Waals surface area contributed by atoms with Gasteiger partial charge in [0.15, 0.2) is 0 Å². The predicted molar refractivity (Wildman–Crippen MR) is 104 cm³/mol. The number of hydrogen-bond donors (Lipinski definition) is 0. The van der Waals surface area contributed by atoms with Crippen molar-refractivity contribution in [2.24, 2.45) is 7.05 Å². The number of carbonyl (C=O) groups excluding carboxylic acids is 1. The molecule has 1 heterocycles. The molecule has 5 nitrogen and oxygen atoms in total. The summed E-state index contributed by atoms with van der Waals surface area (Å²) in [4.78, 5) is 26.4. The van der Waals surface area contributed by atoms with Gasteiger partial charge in [-0.2, -0.15) is 5.10 Å². The Balaban J connectivity index is 1.86. The van der Waals surface area contributed by atoms with E-state index in [0.717, 1.165) is 5.56 Å². The van der Waals surface area contributed by atoms with Crippen LogP contribution in [-0.2, 0) is 24.8 Å². The molecule has 134 valence electrons. The van der Waals surface area contributed by atoms with Crippen molar-refractivity contribution in [2.45, 2.75) is 13.0 Å². The zero-order valence-corrected chi connectivity index (χ0v) is 15.9. The van der Waals surface area contributed by atoms with Gasteiger partial charge in [0.25, 0.3) is 5.56 Å². The fraction of sp³-hybridized carbons (Fsp3) is 0.211. The van der Waals surface area contributed by atoms with Gasteiger partial charge in [-0.1, -0.05) is 53.5 Å². The summed E-state index contributed by atoms with van der Waals surface area (Å²) < 4.78 is 1.26. The maximum Gasteiger partial charge on any atom is 0.274 e. The molecule has 0 saturated carbocycles. The Morgan fingerprint density at radius 1 is 1.12 bits per heavy atom. The van der Waals surface area contributed by atoms with Gasteiger partial charge in [0.2, 0.25) is 5.91 Å². The molecule has 3 rings (SSSR count). The molecule has 0 atom stereocenters. The molecule has 0 fully saturated rings. The molecular weight excluding hydrogens is 373 g/mol. The minimum Gasteiger partial charge on any atom is -0.341 e. The van der Waals surface area contributed by atoms with E-state index in [9.17, 15) is 9.59 Å². The molecule has 7 heteroatoms. The van der Waals surface area contributed by atoms with Crippen LogP contribution in [0.2, 0.25) is 10.0 Å². The number of likely N-dealkylation sites (N-methyl/N-ethyl adjacent to an activating group) is 1. The molecule has 0 aliphatic heterocycles. The first-order chi connectivity index (χ1) is 12.4. The van der Waals surface area contributed by atoms with E-state index in [-0.39, 0.29) is 17.9 Å². The van der Waals surface area contributed by atoms with Crippen LogP contribution in [0.1, 0.15) is 11.3 Å². The third kappa shape index (κ3) is 3.59. The van der Waals surface area contributed by atoms with Gasteiger partial charge in [-0.15, -0.1) is 0 Å². The van der Waals surface area contributed by atoms with Crippen molar-refractivity contribution in [3.05, 3.63) is 74.1 Å². The molecule has 0 aliphatic rings. The number of fused-ring (bicyclic) bond motifs is 1. The van der Waals surface area contributed by atoms with Crippen LogP contribution in [-0.4, -0.2) is 27.6 Å². The molecular formula is C19H17Cl2N3O2. The number of carbonyl (C=O) groups is 1. The summed E-state index contributed by atoms with van der Waals surface area (Å²) in [6.45, 7) is 0.335. The Morgan fingerprint density at radius 3 is 2.54 bits per heavy atom. The summed E-state index contributed by atoms with van der Waals surface area (Å²) >= 11 is 12.2. The van der Waals surface area contributed by atoms with Gasteiger partial charge in [0.1, 0.15) is 0 Å². The summed E-state index contributed by atoms with van der Waals surface area (Å²) in [5.41, 5.74) is 1.15. The quantitative estimate of drug-likeness (QED) is 0.686. The lowest BCUT2D eigenvalue weighted by molar-refractivity contribution is -0.129. The van der Waals surface area contributed by atoms with Crippen LogP contribution in [0.25, 0.3) is 10.8 Å². The molecule has 0 radical (unpaired) electrons. The summed E-state index contributed by atoms with van der Waals surface area (Å²) in [6.07, 6.45) is 0.0866. The number of aryl methyl sites for hydroxylation is 1. The highest BCUT2D eigenvalue weighted by Crippen LogP contribution is 2.26. The van der Waals surface area contributed by atoms with E-state index in [1.165, 1.54) is 4.68 Å². The zero-order chi connectivity index (χ0) is 18.8. The topological polar surface area (TPSA) is 55.2 Å². The van der Waals surface area contributed by atoms with Crippen molar-refractivity contribution in [1.29, 1.82) is 0 Å². The second kappa shape index (κ2) is 7.48. The minimum absolute atomic E-state index is 0.0866. The smallest absolute Gasteiger partial charge is 0.274 e. The van der Waals surface area contributed by atoms with Crippen molar-refractivity contribution in [2.75, 3.05) is 7.05 Å². The molecule has 1 amide bonds. The second-order valence-electron chi connectivity index (χ2n) is 6.06. The molecule has 0 saturated heterocycles. The molecule has 26 heavy (non-hydrogen) atoms. The SMILES string of the molecule is CN(Cc1cccc(Cl)c1Cl)C(=O)Cc1nn(C)c(=O)c2ccccc12. The largest absolute Gasteiger partial charge is 0.341 e. The highest BCUT2D eigenvalue weighted by atomic mass is 35.5. The van der Waals surface area contributed by atoms with Crippen molar-refractivity contribution in [3.63, 3.8) is 0 Å². The maximum atomic E-state index is 12.7. The van der Waals surface area contributed by atoms with Crippen LogP contribution in [0, 0.1) is 0 Å². The van der Waals surface area contributed by atoms with Crippen molar-refractivity contribution < 1.29 is 4.79 Å². The van der Waals surface area contributed by atoms with E-state index in [4.69, 9.17) is 23.2 Å². The standard InChI is InChI=1S/C19H17Cl2N3O2/c1-23(11-12-6-5-9-15(20)18(12)21)17(25)10-16-13-7-3-4-8-14(13)19(26)24(2)22-16/h3-9H,10-11H2,1-2H3. The number of aromatic nitrogens is 2. The van der Waals surface area contributed by atoms with Gasteiger partial charge in [-0.05, 0) is 17.7 Å². The Kier molecular flexibility index (Phi) is 5.30. The van der Waals surface area contributed by atoms with E-state index >= 15 is 0 Å². The van der Waals surface area contributed by atoms with E-state index in [1.807, 2.05) is 12.1 Å². The molecule has 0 spiro atoms. The van der Waals surface area contributed by atoms with Gasteiger partial charge in [0, 0.05) is 26.0 Å². The summed E-state index contributed by atoms with van der Waals surface area (Å²) in [5, 5.41) is 6.41. The van der Waals surface area contributed by atoms with Crippen LogP contribution in [0.15, 0.2) is 47.3 Å². The zero-order valence-electron chi connectivity index (χ0n) is 14.4. The highest BCUT2D eigenvalue weighted by Gasteiger charge is 2.16. The van der Waals surface area contributed by atoms with Gasteiger partial charge in [-0.3, -0.25) is 9.59 Å². The number of nitrogens with zero attached hydrogens (tertiary/aromatic N) is 3. The number of rotatable bonds is 4. The van der Waals surface area contributed by atoms with Gasteiger partial charge >= 0.3 is 0 Å². The fourth-order valence-electron chi connectivity index (χ4n) is 2.80. The first-order valence-electron chi connectivity index (χ1n) is 8.00. The molecule has 1 aromatic heterocycles. The van der Waals surface area contributed by atoms with Crippen LogP contribution in [0.3, 0.4) is 0 Å². The maximum absolute atomic E-state index is 12.7. The monoisotopic (exact) mass is 389 g/mol. The lowest BCUT2D eigenvalue weighted by atomic mass is 10.1. The van der Waals surface area contributed by atoms with E-state index in [0.29, 0.717) is 33.1 Å². The molecule has 0 unspecified atom stereocenters. The van der Waals surface area contributed by atoms with Crippen LogP contribution in [0.5, 0.6) is 0 Å². The first kappa shape index (κ1) is 18.4. The third-order valence-corrected chi connectivity index (χ3v) is 5.07. The van der Waals surface area contributed by atoms with Crippen LogP contribution in [0.4, 0.5) is 0 Å². The van der Waals surface area contributed by atoms with E-state index in [1.54, 1.807) is 49.3 Å². The fourth-order valence-corrected chi connectivity index (χ4v) is 3.18. The normalized spacial score (nSPS) is 10.9. The molecule has 0 aliphatic carbocycles. The summed E-state index contributed by atoms with van der Waals surface area (Å²) in [7, 11) is 3.28. The van der Waals surface area contributed by atoms with Crippen molar-refractivity contribution in [3.8, 4) is 0 Å². The first-order valence-corrected chi connectivity index (χ1v) is 8.76. The minimum atomic E-state index is -0.184. The molecule has 2 aromatic carbocycles. The second-order valence-corrected chi connectivity index (χ2v) is 6.85. The summed E-state index contributed by atoms with van der Waals surface area (Å²) in [5.74, 6) is -0.127. The number of hydrogen-bond acceptors (Lipinski definition) is 3. The van der Waals surface area contributed by atoms with Crippen molar-refractivity contribution in [1.82, 2.24) is 14.7 Å². The lowest BCUT2D eigenvalue weighted by Crippen LogP contribution is -2.29. The third-order valence-electron chi connectivity index (χ3n) is 4.22. The lowest BCUT2D eigenvalue weighted by Gasteiger charge is -2.19. The van der Waals surface area contributed by atoms with Gasteiger partial charge in [-0.25, -0.2) is 4.68 Å².